The maximum Gasteiger partial charge on any atom is 0.242 e. The Bertz CT molecular complexity index is 956. The van der Waals surface area contributed by atoms with Crippen molar-refractivity contribution in [3.05, 3.63) is 102 Å². The van der Waals surface area contributed by atoms with Crippen LogP contribution in [-0.4, -0.2) is 8.42 Å². The van der Waals surface area contributed by atoms with Gasteiger partial charge in [0.05, 0.1) is 4.90 Å². The van der Waals surface area contributed by atoms with Crippen molar-refractivity contribution >= 4 is 10.0 Å². The minimum absolute atomic E-state index is 0.196. The Morgan fingerprint density at radius 1 is 0.846 bits per heavy atom. The summed E-state index contributed by atoms with van der Waals surface area (Å²) in [6, 6.07) is 25.6. The topological polar surface area (TPSA) is 72.2 Å². The van der Waals surface area contributed by atoms with E-state index in [0.29, 0.717) is 12.0 Å². The quantitative estimate of drug-likeness (QED) is 0.657. The van der Waals surface area contributed by atoms with E-state index in [1.165, 1.54) is 0 Å². The average molecular weight is 366 g/mol. The second kappa shape index (κ2) is 7.41. The molecule has 0 spiro atoms. The molecule has 0 aliphatic heterocycles. The third-order valence-electron chi connectivity index (χ3n) is 4.26. The third kappa shape index (κ3) is 4.19. The third-order valence-corrected chi connectivity index (χ3v) is 5.79. The molecule has 5 heteroatoms. The molecule has 0 aliphatic rings. The van der Waals surface area contributed by atoms with E-state index in [1.54, 1.807) is 24.3 Å². The van der Waals surface area contributed by atoms with Gasteiger partial charge in [0.1, 0.15) is 5.66 Å². The molecule has 0 bridgehead atoms. The van der Waals surface area contributed by atoms with Gasteiger partial charge in [0, 0.05) is 6.42 Å². The summed E-state index contributed by atoms with van der Waals surface area (Å²) in [6.45, 7) is 1.91. The summed E-state index contributed by atoms with van der Waals surface area (Å²) in [5.41, 5.74) is 8.01. The molecule has 3 aromatic rings. The first kappa shape index (κ1) is 18.3. The molecule has 1 atom stereocenters. The van der Waals surface area contributed by atoms with Crippen LogP contribution in [0.1, 0.15) is 16.7 Å². The Balaban J connectivity index is 1.99. The minimum Gasteiger partial charge on any atom is -0.308 e. The maximum atomic E-state index is 12.9. The zero-order valence-corrected chi connectivity index (χ0v) is 15.4. The lowest BCUT2D eigenvalue weighted by atomic mass is 9.94. The Hall–Kier alpha value is -2.47. The van der Waals surface area contributed by atoms with Crippen molar-refractivity contribution in [1.82, 2.24) is 4.72 Å². The second-order valence-electron chi connectivity index (χ2n) is 6.42. The van der Waals surface area contributed by atoms with Crippen LogP contribution in [-0.2, 0) is 22.1 Å². The van der Waals surface area contributed by atoms with E-state index >= 15 is 0 Å². The van der Waals surface area contributed by atoms with Crippen molar-refractivity contribution in [2.75, 3.05) is 0 Å². The lowest BCUT2D eigenvalue weighted by molar-refractivity contribution is 0.404. The van der Waals surface area contributed by atoms with Crippen LogP contribution in [0.4, 0.5) is 0 Å². The average Bonchev–Trinajstić information content (AvgIpc) is 2.63. The molecule has 3 N–H and O–H groups in total. The first-order chi connectivity index (χ1) is 12.4. The molecule has 0 aromatic heterocycles. The number of rotatable bonds is 6. The number of nitrogens with two attached hydrogens (primary N) is 1. The van der Waals surface area contributed by atoms with Crippen molar-refractivity contribution in [3.63, 3.8) is 0 Å². The van der Waals surface area contributed by atoms with E-state index in [2.05, 4.69) is 4.72 Å². The molecule has 0 aliphatic carbocycles. The van der Waals surface area contributed by atoms with Gasteiger partial charge in [-0.25, -0.2) is 8.42 Å². The molecular formula is C21H22N2O2S. The van der Waals surface area contributed by atoms with Gasteiger partial charge in [-0.05, 0) is 30.2 Å². The van der Waals surface area contributed by atoms with Gasteiger partial charge in [0.25, 0.3) is 0 Å². The Kier molecular flexibility index (Phi) is 5.23. The van der Waals surface area contributed by atoms with Crippen molar-refractivity contribution in [3.8, 4) is 0 Å². The highest BCUT2D eigenvalue weighted by molar-refractivity contribution is 7.89. The Labute approximate surface area is 154 Å². The molecule has 3 aromatic carbocycles. The van der Waals surface area contributed by atoms with Crippen LogP contribution in [0.15, 0.2) is 89.8 Å². The largest absolute Gasteiger partial charge is 0.308 e. The van der Waals surface area contributed by atoms with E-state index in [-0.39, 0.29) is 4.90 Å². The van der Waals surface area contributed by atoms with E-state index in [0.717, 1.165) is 11.1 Å². The molecule has 0 radical (unpaired) electrons. The fourth-order valence-electron chi connectivity index (χ4n) is 2.87. The highest BCUT2D eigenvalue weighted by atomic mass is 32.2. The molecule has 0 amide bonds. The molecule has 0 fully saturated rings. The van der Waals surface area contributed by atoms with Crippen LogP contribution in [0.3, 0.4) is 0 Å². The first-order valence-corrected chi connectivity index (χ1v) is 9.86. The zero-order chi connectivity index (χ0) is 18.6. The SMILES string of the molecule is Cc1ccc(S(=O)(=O)NC(N)(Cc2ccccc2)c2ccccc2)cc1. The number of benzene rings is 3. The predicted molar refractivity (Wildman–Crippen MR) is 104 cm³/mol. The van der Waals surface area contributed by atoms with Crippen molar-refractivity contribution in [1.29, 1.82) is 0 Å². The molecule has 1 unspecified atom stereocenters. The summed E-state index contributed by atoms with van der Waals surface area (Å²) in [7, 11) is -3.78. The van der Waals surface area contributed by atoms with Crippen LogP contribution in [0.25, 0.3) is 0 Å². The van der Waals surface area contributed by atoms with Gasteiger partial charge in [0.15, 0.2) is 0 Å². The van der Waals surface area contributed by atoms with Gasteiger partial charge < -0.3 is 5.73 Å². The highest BCUT2D eigenvalue weighted by Gasteiger charge is 2.33. The van der Waals surface area contributed by atoms with E-state index < -0.39 is 15.7 Å². The minimum atomic E-state index is -3.78. The number of nitrogens with one attached hydrogen (secondary N) is 1. The molecule has 3 rings (SSSR count). The Morgan fingerprint density at radius 3 is 1.96 bits per heavy atom. The van der Waals surface area contributed by atoms with E-state index in [9.17, 15) is 8.42 Å². The van der Waals surface area contributed by atoms with Gasteiger partial charge in [-0.2, -0.15) is 4.72 Å². The van der Waals surface area contributed by atoms with E-state index in [4.69, 9.17) is 5.73 Å². The fraction of sp³-hybridized carbons (Fsp3) is 0.143. The smallest absolute Gasteiger partial charge is 0.242 e. The number of sulfonamides is 1. The molecule has 134 valence electrons. The number of hydrogen-bond donors (Lipinski definition) is 2. The standard InChI is InChI=1S/C21H22N2O2S/c1-17-12-14-20(15-13-17)26(24,25)23-21(22,19-10-6-3-7-11-19)16-18-8-4-2-5-9-18/h2-15,23H,16,22H2,1H3. The van der Waals surface area contributed by atoms with Crippen molar-refractivity contribution in [2.24, 2.45) is 5.73 Å². The summed E-state index contributed by atoms with van der Waals surface area (Å²) in [5, 5.41) is 0. The molecule has 0 saturated heterocycles. The van der Waals surface area contributed by atoms with Crippen LogP contribution >= 0.6 is 0 Å². The summed E-state index contributed by atoms with van der Waals surface area (Å²) < 4.78 is 28.6. The van der Waals surface area contributed by atoms with Crippen LogP contribution in [0.5, 0.6) is 0 Å². The number of aryl methyl sites for hydroxylation is 1. The Morgan fingerprint density at radius 2 is 1.38 bits per heavy atom. The monoisotopic (exact) mass is 366 g/mol. The summed E-state index contributed by atoms with van der Waals surface area (Å²) in [4.78, 5) is 0.196. The molecule has 0 heterocycles. The van der Waals surface area contributed by atoms with E-state index in [1.807, 2.05) is 67.6 Å². The predicted octanol–water partition coefficient (Wildman–Crippen LogP) is 3.33. The summed E-state index contributed by atoms with van der Waals surface area (Å²) >= 11 is 0. The lowest BCUT2D eigenvalue weighted by Crippen LogP contribution is -2.54. The van der Waals surface area contributed by atoms with Gasteiger partial charge in [-0.1, -0.05) is 78.4 Å². The van der Waals surface area contributed by atoms with Crippen molar-refractivity contribution in [2.45, 2.75) is 23.9 Å². The van der Waals surface area contributed by atoms with Crippen LogP contribution in [0.2, 0.25) is 0 Å². The van der Waals surface area contributed by atoms with Gasteiger partial charge >= 0.3 is 0 Å². The van der Waals surface area contributed by atoms with Crippen LogP contribution < -0.4 is 10.5 Å². The fourth-order valence-corrected chi connectivity index (χ4v) is 4.15. The normalized spacial score (nSPS) is 13.9. The molecule has 0 saturated carbocycles. The van der Waals surface area contributed by atoms with Crippen molar-refractivity contribution < 1.29 is 8.42 Å². The van der Waals surface area contributed by atoms with Gasteiger partial charge in [-0.3, -0.25) is 0 Å². The lowest BCUT2D eigenvalue weighted by Gasteiger charge is -2.31. The maximum absolute atomic E-state index is 12.9. The summed E-state index contributed by atoms with van der Waals surface area (Å²) in [6.07, 6.45) is 0.336. The second-order valence-corrected chi connectivity index (χ2v) is 8.10. The van der Waals surface area contributed by atoms with Gasteiger partial charge in [0.2, 0.25) is 10.0 Å². The molecular weight excluding hydrogens is 344 g/mol. The highest BCUT2D eigenvalue weighted by Crippen LogP contribution is 2.24. The zero-order valence-electron chi connectivity index (χ0n) is 14.6. The van der Waals surface area contributed by atoms with Crippen LogP contribution in [0, 0.1) is 6.92 Å². The molecule has 4 nitrogen and oxygen atoms in total. The number of hydrogen-bond acceptors (Lipinski definition) is 3. The first-order valence-electron chi connectivity index (χ1n) is 8.38. The summed E-state index contributed by atoms with van der Waals surface area (Å²) in [5.74, 6) is 0. The molecule has 26 heavy (non-hydrogen) atoms. The van der Waals surface area contributed by atoms with Gasteiger partial charge in [-0.15, -0.1) is 0 Å².